The minimum Gasteiger partial charge on any atom is -0.311 e. The first-order valence-electron chi connectivity index (χ1n) is 11.6. The van der Waals surface area contributed by atoms with Gasteiger partial charge in [0.05, 0.1) is 10.9 Å². The highest BCUT2D eigenvalue weighted by atomic mass is 32.2. The molecule has 2 aromatic carbocycles. The third-order valence-corrected chi connectivity index (χ3v) is 7.59. The molecule has 0 bridgehead atoms. The molecule has 7 heteroatoms. The second-order valence-electron chi connectivity index (χ2n) is 9.07. The van der Waals surface area contributed by atoms with Crippen molar-refractivity contribution in [1.82, 2.24) is 4.90 Å². The fraction of sp³-hybridized carbons (Fsp3) is 0.385. The lowest BCUT2D eigenvalue weighted by Crippen LogP contribution is -2.44. The van der Waals surface area contributed by atoms with Gasteiger partial charge in [0, 0.05) is 17.8 Å². The summed E-state index contributed by atoms with van der Waals surface area (Å²) in [6.07, 6.45) is 2.21. The lowest BCUT2D eigenvalue weighted by Gasteiger charge is -2.29. The lowest BCUT2D eigenvalue weighted by molar-refractivity contribution is -0.125. The molecule has 2 amide bonds. The Hall–Kier alpha value is -2.93. The number of anilines is 1. The highest BCUT2D eigenvalue weighted by molar-refractivity contribution is 8.15. The molecule has 0 saturated heterocycles. The maximum Gasteiger partial charge on any atom is 0.259 e. The molecule has 0 fully saturated rings. The average molecular weight is 461 g/mol. The van der Waals surface area contributed by atoms with Crippen LogP contribution < -0.4 is 4.90 Å². The predicted octanol–water partition coefficient (Wildman–Crippen LogP) is 4.79. The van der Waals surface area contributed by atoms with Gasteiger partial charge in [-0.1, -0.05) is 62.9 Å². The zero-order valence-corrected chi connectivity index (χ0v) is 20.0. The first-order chi connectivity index (χ1) is 16.0. The minimum atomic E-state index is -0.404. The number of rotatable bonds is 5. The summed E-state index contributed by atoms with van der Waals surface area (Å²) < 4.78 is 0. The zero-order chi connectivity index (χ0) is 23.1. The molecule has 33 heavy (non-hydrogen) atoms. The summed E-state index contributed by atoms with van der Waals surface area (Å²) in [5.74, 6) is 1.03. The SMILES string of the molecule is CC[C@H](SC1=Nc2ccccc2C2=N[C@@H](CC(C)C)C(=O)N12)C(=O)N1CCc2ccccc21. The molecule has 170 valence electrons. The van der Waals surface area contributed by atoms with Crippen LogP contribution in [0, 0.1) is 5.92 Å². The van der Waals surface area contributed by atoms with Gasteiger partial charge in [-0.25, -0.2) is 9.89 Å². The second-order valence-corrected chi connectivity index (χ2v) is 10.2. The van der Waals surface area contributed by atoms with Crippen LogP contribution in [0.15, 0.2) is 58.5 Å². The molecule has 0 aliphatic carbocycles. The molecule has 0 N–H and O–H groups in total. The molecule has 3 aliphatic rings. The van der Waals surface area contributed by atoms with E-state index in [0.29, 0.717) is 36.3 Å². The number of hydrogen-bond donors (Lipinski definition) is 0. The van der Waals surface area contributed by atoms with Crippen molar-refractivity contribution in [3.05, 3.63) is 59.7 Å². The van der Waals surface area contributed by atoms with Gasteiger partial charge in [0.2, 0.25) is 5.91 Å². The van der Waals surface area contributed by atoms with Gasteiger partial charge in [-0.05, 0) is 48.9 Å². The summed E-state index contributed by atoms with van der Waals surface area (Å²) >= 11 is 1.38. The number of amides is 2. The molecule has 0 radical (unpaired) electrons. The highest BCUT2D eigenvalue weighted by Crippen LogP contribution is 2.37. The Bertz CT molecular complexity index is 1170. The van der Waals surface area contributed by atoms with Crippen LogP contribution in [0.4, 0.5) is 11.4 Å². The van der Waals surface area contributed by atoms with Gasteiger partial charge in [-0.3, -0.25) is 14.6 Å². The van der Waals surface area contributed by atoms with Crippen molar-refractivity contribution >= 4 is 46.0 Å². The summed E-state index contributed by atoms with van der Waals surface area (Å²) in [6, 6.07) is 15.5. The lowest BCUT2D eigenvalue weighted by atomic mass is 10.0. The van der Waals surface area contributed by atoms with E-state index in [1.807, 2.05) is 54.3 Å². The number of hydrogen-bond acceptors (Lipinski definition) is 5. The number of fused-ring (bicyclic) bond motifs is 4. The van der Waals surface area contributed by atoms with Crippen molar-refractivity contribution in [2.24, 2.45) is 15.9 Å². The van der Waals surface area contributed by atoms with Crippen LogP contribution in [0.3, 0.4) is 0 Å². The average Bonchev–Trinajstić information content (AvgIpc) is 3.38. The van der Waals surface area contributed by atoms with E-state index >= 15 is 0 Å². The molecule has 3 heterocycles. The van der Waals surface area contributed by atoms with Crippen LogP contribution >= 0.6 is 11.8 Å². The Balaban J connectivity index is 1.46. The quantitative estimate of drug-likeness (QED) is 0.644. The number of para-hydroxylation sites is 2. The van der Waals surface area contributed by atoms with Crippen LogP contribution in [0.1, 0.15) is 44.7 Å². The molecule has 5 rings (SSSR count). The van der Waals surface area contributed by atoms with E-state index in [1.165, 1.54) is 17.3 Å². The van der Waals surface area contributed by atoms with Gasteiger partial charge in [0.25, 0.3) is 5.91 Å². The van der Waals surface area contributed by atoms with Gasteiger partial charge in [-0.2, -0.15) is 0 Å². The topological polar surface area (TPSA) is 65.3 Å². The third kappa shape index (κ3) is 3.88. The molecule has 0 aromatic heterocycles. The number of carbonyl (C=O) groups excluding carboxylic acids is 2. The molecule has 6 nitrogen and oxygen atoms in total. The van der Waals surface area contributed by atoms with Gasteiger partial charge in [0.1, 0.15) is 11.9 Å². The van der Waals surface area contributed by atoms with Gasteiger partial charge in [0.15, 0.2) is 5.17 Å². The Kier molecular flexibility index (Phi) is 5.83. The molecular formula is C26H28N4O2S. The molecule has 0 saturated carbocycles. The first kappa shape index (κ1) is 21.9. The van der Waals surface area contributed by atoms with E-state index in [-0.39, 0.29) is 17.1 Å². The summed E-state index contributed by atoms with van der Waals surface area (Å²) in [5, 5.41) is 0.217. The number of carbonyl (C=O) groups is 2. The monoisotopic (exact) mass is 460 g/mol. The number of benzene rings is 2. The molecular weight excluding hydrogens is 432 g/mol. The van der Waals surface area contributed by atoms with Gasteiger partial charge < -0.3 is 4.90 Å². The summed E-state index contributed by atoms with van der Waals surface area (Å²) in [5.41, 5.74) is 3.86. The van der Waals surface area contributed by atoms with E-state index in [1.54, 1.807) is 4.90 Å². The number of thioether (sulfide) groups is 1. The van der Waals surface area contributed by atoms with E-state index in [9.17, 15) is 9.59 Å². The Labute approximate surface area is 198 Å². The standard InChI is InChI=1S/C26H28N4O2S/c1-4-22(25(32)29-14-13-17-9-5-8-12-21(17)29)33-26-28-19-11-7-6-10-18(19)23-27-20(15-16(2)3)24(31)30(23)26/h5-12,16,20,22H,4,13-15H2,1-3H3/t20-,22-/m0/s1. The smallest absolute Gasteiger partial charge is 0.259 e. The fourth-order valence-electron chi connectivity index (χ4n) is 4.66. The van der Waals surface area contributed by atoms with Crippen molar-refractivity contribution in [2.75, 3.05) is 11.4 Å². The number of aliphatic imine (C=N–C) groups is 2. The maximum absolute atomic E-state index is 13.6. The largest absolute Gasteiger partial charge is 0.311 e. The van der Waals surface area contributed by atoms with Crippen LogP contribution in [-0.4, -0.2) is 45.6 Å². The molecule has 3 aliphatic heterocycles. The highest BCUT2D eigenvalue weighted by Gasteiger charge is 2.43. The summed E-state index contributed by atoms with van der Waals surface area (Å²) in [4.78, 5) is 40.1. The van der Waals surface area contributed by atoms with Crippen LogP contribution in [0.5, 0.6) is 0 Å². The van der Waals surface area contributed by atoms with E-state index in [2.05, 4.69) is 19.9 Å². The van der Waals surface area contributed by atoms with Crippen molar-refractivity contribution in [2.45, 2.75) is 51.3 Å². The Morgan fingerprint density at radius 2 is 1.91 bits per heavy atom. The van der Waals surface area contributed by atoms with Crippen molar-refractivity contribution in [3.63, 3.8) is 0 Å². The number of nitrogens with zero attached hydrogens (tertiary/aromatic N) is 4. The van der Waals surface area contributed by atoms with Crippen LogP contribution in [0.25, 0.3) is 0 Å². The van der Waals surface area contributed by atoms with Crippen molar-refractivity contribution in [3.8, 4) is 0 Å². The fourth-order valence-corrected chi connectivity index (χ4v) is 5.74. The molecule has 0 spiro atoms. The Morgan fingerprint density at radius 3 is 2.70 bits per heavy atom. The van der Waals surface area contributed by atoms with E-state index in [4.69, 9.17) is 9.98 Å². The van der Waals surface area contributed by atoms with Crippen molar-refractivity contribution < 1.29 is 9.59 Å². The van der Waals surface area contributed by atoms with Crippen LogP contribution in [0.2, 0.25) is 0 Å². The number of amidine groups is 2. The van der Waals surface area contributed by atoms with Crippen LogP contribution in [-0.2, 0) is 16.0 Å². The minimum absolute atomic E-state index is 0.0479. The second kappa shape index (κ2) is 8.78. The Morgan fingerprint density at radius 1 is 1.15 bits per heavy atom. The predicted molar refractivity (Wildman–Crippen MR) is 134 cm³/mol. The molecule has 0 unspecified atom stereocenters. The third-order valence-electron chi connectivity index (χ3n) is 6.29. The van der Waals surface area contributed by atoms with Gasteiger partial charge in [-0.15, -0.1) is 0 Å². The first-order valence-corrected chi connectivity index (χ1v) is 12.5. The normalized spacial score (nSPS) is 19.8. The molecule has 2 aromatic rings. The summed E-state index contributed by atoms with van der Waals surface area (Å²) in [6.45, 7) is 6.90. The molecule has 2 atom stereocenters. The van der Waals surface area contributed by atoms with Gasteiger partial charge >= 0.3 is 0 Å². The zero-order valence-electron chi connectivity index (χ0n) is 19.2. The van der Waals surface area contributed by atoms with E-state index < -0.39 is 6.04 Å². The maximum atomic E-state index is 13.6. The summed E-state index contributed by atoms with van der Waals surface area (Å²) in [7, 11) is 0. The van der Waals surface area contributed by atoms with E-state index in [0.717, 1.165) is 23.4 Å². The van der Waals surface area contributed by atoms with Crippen molar-refractivity contribution in [1.29, 1.82) is 0 Å².